The van der Waals surface area contributed by atoms with Gasteiger partial charge in [0.15, 0.2) is 0 Å². The maximum absolute atomic E-state index is 5.98. The number of hydrogen-bond acceptors (Lipinski definition) is 2. The molecule has 13 heavy (non-hydrogen) atoms. The molecule has 3 unspecified atom stereocenters. The van der Waals surface area contributed by atoms with E-state index >= 15 is 0 Å². The normalized spacial score (nSPS) is 29.8. The third-order valence-electron chi connectivity index (χ3n) is 3.13. The first-order chi connectivity index (χ1) is 6.20. The van der Waals surface area contributed by atoms with E-state index < -0.39 is 0 Å². The number of H-pyrrole nitrogens is 1. The van der Waals surface area contributed by atoms with Crippen LogP contribution in [0.5, 0.6) is 0 Å². The summed E-state index contributed by atoms with van der Waals surface area (Å²) in [5.41, 5.74) is 8.62. The highest BCUT2D eigenvalue weighted by Gasteiger charge is 2.30. The van der Waals surface area contributed by atoms with Gasteiger partial charge < -0.3 is 5.73 Å². The molecule has 1 aromatic rings. The summed E-state index contributed by atoms with van der Waals surface area (Å²) in [5, 5.41) is 7.18. The Morgan fingerprint density at radius 2 is 2.46 bits per heavy atom. The van der Waals surface area contributed by atoms with Gasteiger partial charge in [-0.1, -0.05) is 6.92 Å². The van der Waals surface area contributed by atoms with Crippen molar-refractivity contribution < 1.29 is 0 Å². The molecule has 2 rings (SSSR count). The molecule has 0 amide bonds. The summed E-state index contributed by atoms with van der Waals surface area (Å²) in [6, 6.07) is 0.217. The van der Waals surface area contributed by atoms with Crippen molar-refractivity contribution in [3.63, 3.8) is 0 Å². The van der Waals surface area contributed by atoms with Crippen molar-refractivity contribution in [1.82, 2.24) is 10.2 Å². The lowest BCUT2D eigenvalue weighted by atomic mass is 9.76. The number of rotatable bonds is 1. The van der Waals surface area contributed by atoms with Crippen LogP contribution in [0.1, 0.15) is 37.4 Å². The van der Waals surface area contributed by atoms with E-state index in [1.54, 1.807) is 0 Å². The highest BCUT2D eigenvalue weighted by Crippen LogP contribution is 2.35. The van der Waals surface area contributed by atoms with Gasteiger partial charge in [-0.25, -0.2) is 0 Å². The standard InChI is InChI=1S/C10H17N3/c1-6-3-4-8-5-12-13-10(8)9(6)7(2)11/h5-7,9H,3-4,11H2,1-2H3,(H,12,13). The molecule has 1 aliphatic carbocycles. The number of aryl methyl sites for hydroxylation is 1. The van der Waals surface area contributed by atoms with E-state index in [1.165, 1.54) is 17.7 Å². The zero-order chi connectivity index (χ0) is 9.42. The Morgan fingerprint density at radius 3 is 3.15 bits per heavy atom. The van der Waals surface area contributed by atoms with E-state index in [2.05, 4.69) is 24.0 Å². The van der Waals surface area contributed by atoms with Crippen LogP contribution in [-0.4, -0.2) is 16.2 Å². The zero-order valence-electron chi connectivity index (χ0n) is 8.25. The van der Waals surface area contributed by atoms with Crippen molar-refractivity contribution in [1.29, 1.82) is 0 Å². The molecule has 0 bridgehead atoms. The molecule has 3 N–H and O–H groups in total. The highest BCUT2D eigenvalue weighted by molar-refractivity contribution is 5.25. The summed E-state index contributed by atoms with van der Waals surface area (Å²) in [6.45, 7) is 4.36. The lowest BCUT2D eigenvalue weighted by molar-refractivity contribution is 0.356. The molecular formula is C10H17N3. The molecule has 0 fully saturated rings. The third-order valence-corrected chi connectivity index (χ3v) is 3.13. The van der Waals surface area contributed by atoms with E-state index in [0.29, 0.717) is 11.8 Å². The lowest BCUT2D eigenvalue weighted by Gasteiger charge is -2.31. The molecule has 1 aromatic heterocycles. The number of aromatic amines is 1. The van der Waals surface area contributed by atoms with Crippen LogP contribution in [0, 0.1) is 5.92 Å². The second-order valence-corrected chi connectivity index (χ2v) is 4.21. The number of fused-ring (bicyclic) bond motifs is 1. The van der Waals surface area contributed by atoms with Gasteiger partial charge in [-0.3, -0.25) is 5.10 Å². The van der Waals surface area contributed by atoms with Crippen LogP contribution in [0.4, 0.5) is 0 Å². The molecule has 3 heteroatoms. The number of aromatic nitrogens is 2. The number of nitrogens with one attached hydrogen (secondary N) is 1. The van der Waals surface area contributed by atoms with Crippen molar-refractivity contribution in [2.45, 2.75) is 38.6 Å². The molecule has 0 saturated carbocycles. The molecule has 0 saturated heterocycles. The fourth-order valence-corrected chi connectivity index (χ4v) is 2.44. The first kappa shape index (κ1) is 8.75. The zero-order valence-corrected chi connectivity index (χ0v) is 8.25. The molecule has 1 aliphatic rings. The molecule has 3 nitrogen and oxygen atoms in total. The van der Waals surface area contributed by atoms with Gasteiger partial charge in [-0.2, -0.15) is 5.10 Å². The van der Waals surface area contributed by atoms with Crippen LogP contribution in [0.25, 0.3) is 0 Å². The minimum Gasteiger partial charge on any atom is -0.327 e. The average Bonchev–Trinajstić information content (AvgIpc) is 2.50. The van der Waals surface area contributed by atoms with E-state index in [0.717, 1.165) is 6.42 Å². The topological polar surface area (TPSA) is 54.7 Å². The summed E-state index contributed by atoms with van der Waals surface area (Å²) >= 11 is 0. The lowest BCUT2D eigenvalue weighted by Crippen LogP contribution is -2.32. The fourth-order valence-electron chi connectivity index (χ4n) is 2.44. The minimum atomic E-state index is 0.217. The monoisotopic (exact) mass is 179 g/mol. The second kappa shape index (κ2) is 3.14. The quantitative estimate of drug-likeness (QED) is 0.685. The summed E-state index contributed by atoms with van der Waals surface area (Å²) in [5.74, 6) is 1.14. The first-order valence-corrected chi connectivity index (χ1v) is 4.98. The molecule has 0 aromatic carbocycles. The van der Waals surface area contributed by atoms with Crippen molar-refractivity contribution in [2.75, 3.05) is 0 Å². The van der Waals surface area contributed by atoms with Gasteiger partial charge >= 0.3 is 0 Å². The minimum absolute atomic E-state index is 0.217. The summed E-state index contributed by atoms with van der Waals surface area (Å²) in [6.07, 6.45) is 4.32. The maximum Gasteiger partial charge on any atom is 0.0522 e. The van der Waals surface area contributed by atoms with Gasteiger partial charge in [-0.05, 0) is 31.2 Å². The van der Waals surface area contributed by atoms with Crippen LogP contribution < -0.4 is 5.73 Å². The van der Waals surface area contributed by atoms with Crippen LogP contribution in [-0.2, 0) is 6.42 Å². The largest absolute Gasteiger partial charge is 0.327 e. The molecule has 1 heterocycles. The molecule has 0 spiro atoms. The van der Waals surface area contributed by atoms with Crippen LogP contribution >= 0.6 is 0 Å². The Hall–Kier alpha value is -0.830. The Labute approximate surface area is 78.7 Å². The summed E-state index contributed by atoms with van der Waals surface area (Å²) in [7, 11) is 0. The smallest absolute Gasteiger partial charge is 0.0522 e. The van der Waals surface area contributed by atoms with Gasteiger partial charge in [0.05, 0.1) is 6.20 Å². The van der Waals surface area contributed by atoms with E-state index in [-0.39, 0.29) is 6.04 Å². The highest BCUT2D eigenvalue weighted by atomic mass is 15.1. The SMILES string of the molecule is CC(N)C1c2[nH]ncc2CCC1C. The number of nitrogens with two attached hydrogens (primary N) is 1. The average molecular weight is 179 g/mol. The van der Waals surface area contributed by atoms with Gasteiger partial charge in [-0.15, -0.1) is 0 Å². The van der Waals surface area contributed by atoms with E-state index in [9.17, 15) is 0 Å². The van der Waals surface area contributed by atoms with Gasteiger partial charge in [0.25, 0.3) is 0 Å². The number of hydrogen-bond donors (Lipinski definition) is 2. The van der Waals surface area contributed by atoms with Gasteiger partial charge in [0.1, 0.15) is 0 Å². The van der Waals surface area contributed by atoms with Crippen molar-refractivity contribution >= 4 is 0 Å². The van der Waals surface area contributed by atoms with Crippen LogP contribution in [0.3, 0.4) is 0 Å². The van der Waals surface area contributed by atoms with Crippen molar-refractivity contribution in [3.8, 4) is 0 Å². The Balaban J connectivity index is 2.36. The Morgan fingerprint density at radius 1 is 1.69 bits per heavy atom. The molecular weight excluding hydrogens is 162 g/mol. The van der Waals surface area contributed by atoms with Crippen molar-refractivity contribution in [3.05, 3.63) is 17.5 Å². The molecule has 3 atom stereocenters. The van der Waals surface area contributed by atoms with Crippen LogP contribution in [0.2, 0.25) is 0 Å². The van der Waals surface area contributed by atoms with Crippen LogP contribution in [0.15, 0.2) is 6.20 Å². The maximum atomic E-state index is 5.98. The summed E-state index contributed by atoms with van der Waals surface area (Å²) in [4.78, 5) is 0. The molecule has 0 radical (unpaired) electrons. The Kier molecular flexibility index (Phi) is 2.12. The predicted molar refractivity (Wildman–Crippen MR) is 52.5 cm³/mol. The summed E-state index contributed by atoms with van der Waals surface area (Å²) < 4.78 is 0. The molecule has 0 aliphatic heterocycles. The Bertz CT molecular complexity index is 290. The van der Waals surface area contributed by atoms with Crippen molar-refractivity contribution in [2.24, 2.45) is 11.7 Å². The van der Waals surface area contributed by atoms with Gasteiger partial charge in [0, 0.05) is 17.7 Å². The number of nitrogens with zero attached hydrogens (tertiary/aromatic N) is 1. The van der Waals surface area contributed by atoms with E-state index in [4.69, 9.17) is 5.73 Å². The third kappa shape index (κ3) is 1.37. The molecule has 72 valence electrons. The second-order valence-electron chi connectivity index (χ2n) is 4.21. The van der Waals surface area contributed by atoms with Gasteiger partial charge in [0.2, 0.25) is 0 Å². The first-order valence-electron chi connectivity index (χ1n) is 4.98. The predicted octanol–water partition coefficient (Wildman–Crippen LogP) is 1.42. The van der Waals surface area contributed by atoms with E-state index in [1.807, 2.05) is 6.20 Å². The fraction of sp³-hybridized carbons (Fsp3) is 0.700.